The second kappa shape index (κ2) is 6.72. The van der Waals surface area contributed by atoms with Gasteiger partial charge in [0.15, 0.2) is 0 Å². The first kappa shape index (κ1) is 17.5. The number of methoxy groups -OCH3 is 1. The number of aryl methyl sites for hydroxylation is 1. The van der Waals surface area contributed by atoms with E-state index in [-0.39, 0.29) is 4.90 Å². The number of carbonyl (C=O) groups is 1. The molecule has 23 heavy (non-hydrogen) atoms. The van der Waals surface area contributed by atoms with Gasteiger partial charge >= 0.3 is 5.97 Å². The average molecular weight is 398 g/mol. The number of nitrogens with one attached hydrogen (secondary N) is 1. The lowest BCUT2D eigenvalue weighted by atomic mass is 10.1. The third kappa shape index (κ3) is 3.92. The highest BCUT2D eigenvalue weighted by molar-refractivity contribution is 9.10. The Morgan fingerprint density at radius 3 is 2.30 bits per heavy atom. The third-order valence-corrected chi connectivity index (χ3v) is 5.19. The number of rotatable bonds is 4. The van der Waals surface area contributed by atoms with Gasteiger partial charge < -0.3 is 4.74 Å². The molecule has 2 aromatic rings. The molecule has 2 aromatic carbocycles. The topological polar surface area (TPSA) is 72.5 Å². The number of anilines is 1. The second-order valence-electron chi connectivity index (χ2n) is 5.04. The molecule has 0 radical (unpaired) electrons. The van der Waals surface area contributed by atoms with E-state index in [4.69, 9.17) is 4.74 Å². The summed E-state index contributed by atoms with van der Waals surface area (Å²) in [5, 5.41) is 0. The normalized spacial score (nSPS) is 11.1. The number of ether oxygens (including phenoxy) is 1. The van der Waals surface area contributed by atoms with E-state index < -0.39 is 16.0 Å². The summed E-state index contributed by atoms with van der Waals surface area (Å²) < 4.78 is 32.8. The standard InChI is InChI=1S/C16H16BrNO4S/c1-10-4-6-13(7-5-10)23(20,21)18-15-9-12(17)8-14(11(15)2)16(19)22-3/h4-9,18H,1-3H3. The van der Waals surface area contributed by atoms with Crippen LogP contribution in [0.15, 0.2) is 45.8 Å². The molecule has 0 aliphatic heterocycles. The zero-order valence-electron chi connectivity index (χ0n) is 12.9. The van der Waals surface area contributed by atoms with Gasteiger partial charge in [-0.1, -0.05) is 33.6 Å². The van der Waals surface area contributed by atoms with Gasteiger partial charge in [-0.25, -0.2) is 13.2 Å². The molecule has 0 aromatic heterocycles. The number of halogens is 1. The molecule has 0 aliphatic rings. The second-order valence-corrected chi connectivity index (χ2v) is 7.63. The van der Waals surface area contributed by atoms with Gasteiger partial charge in [-0.05, 0) is 43.7 Å². The molecule has 122 valence electrons. The minimum absolute atomic E-state index is 0.155. The summed E-state index contributed by atoms with van der Waals surface area (Å²) in [6.07, 6.45) is 0. The third-order valence-electron chi connectivity index (χ3n) is 3.35. The molecule has 7 heteroatoms. The van der Waals surface area contributed by atoms with Crippen LogP contribution in [0, 0.1) is 13.8 Å². The Bertz CT molecular complexity index is 845. The van der Waals surface area contributed by atoms with Gasteiger partial charge in [0.05, 0.1) is 23.3 Å². The van der Waals surface area contributed by atoms with Crippen LogP contribution in [-0.4, -0.2) is 21.5 Å². The number of hydrogen-bond donors (Lipinski definition) is 1. The van der Waals surface area contributed by atoms with Gasteiger partial charge in [0.2, 0.25) is 0 Å². The maximum Gasteiger partial charge on any atom is 0.338 e. The number of sulfonamides is 1. The molecule has 1 N–H and O–H groups in total. The van der Waals surface area contributed by atoms with Crippen molar-refractivity contribution in [3.05, 3.63) is 57.6 Å². The molecule has 2 rings (SSSR count). The molecule has 0 spiro atoms. The van der Waals surface area contributed by atoms with Crippen LogP contribution in [0.5, 0.6) is 0 Å². The number of benzene rings is 2. The van der Waals surface area contributed by atoms with Crippen LogP contribution in [0.3, 0.4) is 0 Å². The van der Waals surface area contributed by atoms with Crippen LogP contribution >= 0.6 is 15.9 Å². The lowest BCUT2D eigenvalue weighted by molar-refractivity contribution is 0.0600. The van der Waals surface area contributed by atoms with Gasteiger partial charge in [0.1, 0.15) is 0 Å². The number of hydrogen-bond acceptors (Lipinski definition) is 4. The molecular weight excluding hydrogens is 382 g/mol. The summed E-state index contributed by atoms with van der Waals surface area (Å²) in [7, 11) is -2.46. The summed E-state index contributed by atoms with van der Waals surface area (Å²) in [5.41, 5.74) is 2.08. The van der Waals surface area contributed by atoms with Crippen molar-refractivity contribution >= 4 is 37.6 Å². The zero-order chi connectivity index (χ0) is 17.2. The molecule has 0 atom stereocenters. The molecule has 0 heterocycles. The van der Waals surface area contributed by atoms with E-state index in [9.17, 15) is 13.2 Å². The fraction of sp³-hybridized carbons (Fsp3) is 0.188. The maximum absolute atomic E-state index is 12.5. The van der Waals surface area contributed by atoms with E-state index in [1.807, 2.05) is 6.92 Å². The Kier molecular flexibility index (Phi) is 5.11. The molecule has 5 nitrogen and oxygen atoms in total. The molecule has 0 bridgehead atoms. The van der Waals surface area contributed by atoms with Crippen molar-refractivity contribution in [3.8, 4) is 0 Å². The quantitative estimate of drug-likeness (QED) is 0.798. The van der Waals surface area contributed by atoms with Crippen LogP contribution in [0.2, 0.25) is 0 Å². The lowest BCUT2D eigenvalue weighted by Gasteiger charge is -2.14. The van der Waals surface area contributed by atoms with Crippen LogP contribution in [-0.2, 0) is 14.8 Å². The number of esters is 1. The van der Waals surface area contributed by atoms with Crippen LogP contribution < -0.4 is 4.72 Å². The summed E-state index contributed by atoms with van der Waals surface area (Å²) in [4.78, 5) is 11.9. The Balaban J connectivity index is 2.45. The summed E-state index contributed by atoms with van der Waals surface area (Å²) in [5.74, 6) is -0.528. The zero-order valence-corrected chi connectivity index (χ0v) is 15.3. The van der Waals surface area contributed by atoms with E-state index in [1.165, 1.54) is 19.2 Å². The van der Waals surface area contributed by atoms with E-state index in [1.54, 1.807) is 31.2 Å². The smallest absolute Gasteiger partial charge is 0.338 e. The minimum atomic E-state index is -3.74. The van der Waals surface area contributed by atoms with Crippen molar-refractivity contribution in [2.75, 3.05) is 11.8 Å². The molecule has 0 amide bonds. The predicted molar refractivity (Wildman–Crippen MR) is 92.2 cm³/mol. The van der Waals surface area contributed by atoms with E-state index in [0.717, 1.165) is 5.56 Å². The first-order valence-corrected chi connectivity index (χ1v) is 9.00. The average Bonchev–Trinajstić information content (AvgIpc) is 2.50. The molecule has 0 fully saturated rings. The highest BCUT2D eigenvalue weighted by Gasteiger charge is 2.19. The molecule has 0 saturated heterocycles. The highest BCUT2D eigenvalue weighted by atomic mass is 79.9. The van der Waals surface area contributed by atoms with Crippen LogP contribution in [0.4, 0.5) is 5.69 Å². The monoisotopic (exact) mass is 397 g/mol. The molecule has 0 unspecified atom stereocenters. The SMILES string of the molecule is COC(=O)c1cc(Br)cc(NS(=O)(=O)c2ccc(C)cc2)c1C. The van der Waals surface area contributed by atoms with Gasteiger partial charge in [0, 0.05) is 4.47 Å². The van der Waals surface area contributed by atoms with Crippen molar-refractivity contribution in [2.24, 2.45) is 0 Å². The van der Waals surface area contributed by atoms with Crippen molar-refractivity contribution in [1.29, 1.82) is 0 Å². The molecule has 0 saturated carbocycles. The highest BCUT2D eigenvalue weighted by Crippen LogP contribution is 2.28. The largest absolute Gasteiger partial charge is 0.465 e. The summed E-state index contributed by atoms with van der Waals surface area (Å²) in [6.45, 7) is 3.54. The summed E-state index contributed by atoms with van der Waals surface area (Å²) in [6, 6.07) is 9.71. The van der Waals surface area contributed by atoms with Crippen molar-refractivity contribution in [2.45, 2.75) is 18.7 Å². The van der Waals surface area contributed by atoms with Gasteiger partial charge in [-0.15, -0.1) is 0 Å². The predicted octanol–water partition coefficient (Wildman–Crippen LogP) is 3.65. The Labute approximate surface area is 143 Å². The Morgan fingerprint density at radius 2 is 1.74 bits per heavy atom. The Hall–Kier alpha value is -1.86. The first-order chi connectivity index (χ1) is 10.7. The lowest BCUT2D eigenvalue weighted by Crippen LogP contribution is -2.15. The van der Waals surface area contributed by atoms with Gasteiger partial charge in [-0.2, -0.15) is 0 Å². The molecule has 0 aliphatic carbocycles. The number of carbonyl (C=O) groups excluding carboxylic acids is 1. The maximum atomic E-state index is 12.5. The Morgan fingerprint density at radius 1 is 1.13 bits per heavy atom. The van der Waals surface area contributed by atoms with Crippen molar-refractivity contribution < 1.29 is 17.9 Å². The van der Waals surface area contributed by atoms with E-state index in [2.05, 4.69) is 20.7 Å². The minimum Gasteiger partial charge on any atom is -0.465 e. The van der Waals surface area contributed by atoms with Gasteiger partial charge in [-0.3, -0.25) is 4.72 Å². The van der Waals surface area contributed by atoms with E-state index >= 15 is 0 Å². The first-order valence-electron chi connectivity index (χ1n) is 6.72. The van der Waals surface area contributed by atoms with Crippen molar-refractivity contribution in [3.63, 3.8) is 0 Å². The van der Waals surface area contributed by atoms with Crippen LogP contribution in [0.1, 0.15) is 21.5 Å². The van der Waals surface area contributed by atoms with Gasteiger partial charge in [0.25, 0.3) is 10.0 Å². The molecular formula is C16H16BrNO4S. The fourth-order valence-corrected chi connectivity index (χ4v) is 3.60. The van der Waals surface area contributed by atoms with E-state index in [0.29, 0.717) is 21.3 Å². The fourth-order valence-electron chi connectivity index (χ4n) is 2.03. The summed E-state index contributed by atoms with van der Waals surface area (Å²) >= 11 is 3.28. The van der Waals surface area contributed by atoms with Crippen molar-refractivity contribution in [1.82, 2.24) is 0 Å². The van der Waals surface area contributed by atoms with Crippen LogP contribution in [0.25, 0.3) is 0 Å².